The third-order valence-electron chi connectivity index (χ3n) is 4.97. The van der Waals surface area contributed by atoms with Crippen molar-refractivity contribution in [2.45, 2.75) is 12.3 Å². The highest BCUT2D eigenvalue weighted by Gasteiger charge is 2.34. The molecule has 8 heteroatoms. The molecule has 1 aromatic heterocycles. The molecule has 30 heavy (non-hydrogen) atoms. The number of fused-ring (bicyclic) bond motifs is 1. The van der Waals surface area contributed by atoms with Gasteiger partial charge in [-0.1, -0.05) is 35.9 Å². The topological polar surface area (TPSA) is 92.7 Å². The number of halogens is 1. The first-order chi connectivity index (χ1) is 14.4. The number of rotatable bonds is 4. The average Bonchev–Trinajstić information content (AvgIpc) is 3.13. The fourth-order valence-electron chi connectivity index (χ4n) is 3.57. The summed E-state index contributed by atoms with van der Waals surface area (Å²) >= 11 is 7.12. The van der Waals surface area contributed by atoms with Crippen molar-refractivity contribution in [2.24, 2.45) is 0 Å². The van der Waals surface area contributed by atoms with Gasteiger partial charge in [0.1, 0.15) is 4.88 Å². The Labute approximate surface area is 181 Å². The molecule has 1 aliphatic rings. The zero-order chi connectivity index (χ0) is 21.4. The lowest BCUT2D eigenvalue weighted by Crippen LogP contribution is -2.22. The summed E-state index contributed by atoms with van der Waals surface area (Å²) in [5.41, 5.74) is 2.87. The van der Waals surface area contributed by atoms with Crippen molar-refractivity contribution >= 4 is 46.5 Å². The van der Waals surface area contributed by atoms with Crippen LogP contribution in [0.5, 0.6) is 0 Å². The summed E-state index contributed by atoms with van der Waals surface area (Å²) in [6, 6.07) is 13.6. The standard InChI is InChI=1S/C22H16ClNO5S/c1-29-22(28)13-4-2-11(3-5-13)15-10-16(25)24-18-17(12-6-8-14(23)9-7-12)20(21(26)27)30-19(15)18/h2-9,15H,10H2,1H3,(H,24,25)(H,26,27)/t15-/m1/s1. The Morgan fingerprint density at radius 3 is 2.40 bits per heavy atom. The summed E-state index contributed by atoms with van der Waals surface area (Å²) < 4.78 is 4.72. The third kappa shape index (κ3) is 3.58. The van der Waals surface area contributed by atoms with E-state index in [2.05, 4.69) is 5.32 Å². The van der Waals surface area contributed by atoms with Crippen molar-refractivity contribution in [3.63, 3.8) is 0 Å². The number of benzene rings is 2. The van der Waals surface area contributed by atoms with Crippen LogP contribution in [0.4, 0.5) is 5.69 Å². The number of carbonyl (C=O) groups excluding carboxylic acids is 2. The molecule has 0 bridgehead atoms. The van der Waals surface area contributed by atoms with Gasteiger partial charge in [-0.2, -0.15) is 0 Å². The molecule has 4 rings (SSSR count). The largest absolute Gasteiger partial charge is 0.477 e. The summed E-state index contributed by atoms with van der Waals surface area (Å²) in [4.78, 5) is 37.1. The first kappa shape index (κ1) is 20.1. The number of thiophene rings is 1. The minimum atomic E-state index is -1.06. The van der Waals surface area contributed by atoms with E-state index in [0.717, 1.165) is 21.8 Å². The summed E-state index contributed by atoms with van der Waals surface area (Å²) in [6.45, 7) is 0. The fraction of sp³-hybridized carbons (Fsp3) is 0.136. The Morgan fingerprint density at radius 2 is 1.80 bits per heavy atom. The normalized spacial score (nSPS) is 15.3. The molecule has 0 saturated heterocycles. The molecule has 6 nitrogen and oxygen atoms in total. The predicted octanol–water partition coefficient (Wildman–Crippen LogP) is 5.03. The van der Waals surface area contributed by atoms with Crippen molar-refractivity contribution in [1.82, 2.24) is 0 Å². The number of esters is 1. The first-order valence-corrected chi connectivity index (χ1v) is 10.2. The number of amides is 1. The molecule has 2 heterocycles. The van der Waals surface area contributed by atoms with E-state index in [4.69, 9.17) is 16.3 Å². The van der Waals surface area contributed by atoms with Gasteiger partial charge < -0.3 is 15.2 Å². The lowest BCUT2D eigenvalue weighted by atomic mass is 9.88. The van der Waals surface area contributed by atoms with E-state index < -0.39 is 11.9 Å². The van der Waals surface area contributed by atoms with Crippen molar-refractivity contribution in [3.05, 3.63) is 74.4 Å². The molecule has 2 N–H and O–H groups in total. The van der Waals surface area contributed by atoms with E-state index in [9.17, 15) is 19.5 Å². The van der Waals surface area contributed by atoms with Crippen molar-refractivity contribution in [2.75, 3.05) is 12.4 Å². The molecular formula is C22H16ClNO5S. The van der Waals surface area contributed by atoms with E-state index in [1.807, 2.05) is 0 Å². The molecule has 0 fully saturated rings. The summed E-state index contributed by atoms with van der Waals surface area (Å²) in [5, 5.41) is 13.2. The maximum atomic E-state index is 12.5. The average molecular weight is 442 g/mol. The quantitative estimate of drug-likeness (QED) is 0.554. The van der Waals surface area contributed by atoms with E-state index in [1.165, 1.54) is 7.11 Å². The van der Waals surface area contributed by atoms with E-state index in [0.29, 0.717) is 27.4 Å². The summed E-state index contributed by atoms with van der Waals surface area (Å²) in [7, 11) is 1.31. The first-order valence-electron chi connectivity index (χ1n) is 9.03. The number of anilines is 1. The number of ether oxygens (including phenoxy) is 1. The minimum absolute atomic E-state index is 0.153. The second kappa shape index (κ2) is 7.93. The molecule has 0 radical (unpaired) electrons. The predicted molar refractivity (Wildman–Crippen MR) is 115 cm³/mol. The van der Waals surface area contributed by atoms with Gasteiger partial charge in [0.05, 0.1) is 18.4 Å². The molecular weight excluding hydrogens is 426 g/mol. The molecule has 0 unspecified atom stereocenters. The van der Waals surface area contributed by atoms with Crippen LogP contribution < -0.4 is 5.32 Å². The molecule has 1 atom stereocenters. The Balaban J connectivity index is 1.84. The molecule has 1 amide bonds. The van der Waals surface area contributed by atoms with E-state index >= 15 is 0 Å². The maximum absolute atomic E-state index is 12.5. The smallest absolute Gasteiger partial charge is 0.346 e. The van der Waals surface area contributed by atoms with Crippen LogP contribution in [0.3, 0.4) is 0 Å². The van der Waals surface area contributed by atoms with Gasteiger partial charge in [-0.15, -0.1) is 11.3 Å². The van der Waals surface area contributed by atoms with Gasteiger partial charge in [-0.05, 0) is 35.4 Å². The molecule has 152 valence electrons. The van der Waals surface area contributed by atoms with Crippen LogP contribution in [-0.2, 0) is 9.53 Å². The summed E-state index contributed by atoms with van der Waals surface area (Å²) in [6.07, 6.45) is 0.185. The lowest BCUT2D eigenvalue weighted by Gasteiger charge is -2.24. The third-order valence-corrected chi connectivity index (χ3v) is 6.51. The van der Waals surface area contributed by atoms with E-state index in [1.54, 1.807) is 48.5 Å². The fourth-order valence-corrected chi connectivity index (χ4v) is 4.94. The number of hydrogen-bond acceptors (Lipinski definition) is 5. The zero-order valence-corrected chi connectivity index (χ0v) is 17.3. The molecule has 0 spiro atoms. The highest BCUT2D eigenvalue weighted by molar-refractivity contribution is 7.15. The minimum Gasteiger partial charge on any atom is -0.477 e. The van der Waals surface area contributed by atoms with Gasteiger partial charge >= 0.3 is 11.9 Å². The number of methoxy groups -OCH3 is 1. The Morgan fingerprint density at radius 1 is 1.13 bits per heavy atom. The van der Waals surface area contributed by atoms with Crippen LogP contribution >= 0.6 is 22.9 Å². The molecule has 3 aromatic rings. The van der Waals surface area contributed by atoms with Crippen LogP contribution in [-0.4, -0.2) is 30.1 Å². The number of carbonyl (C=O) groups is 3. The monoisotopic (exact) mass is 441 g/mol. The van der Waals surface area contributed by atoms with Crippen molar-refractivity contribution in [3.8, 4) is 11.1 Å². The Hall–Kier alpha value is -3.16. The summed E-state index contributed by atoms with van der Waals surface area (Å²) in [5.74, 6) is -2.02. The molecule has 0 aliphatic carbocycles. The second-order valence-electron chi connectivity index (χ2n) is 6.78. The van der Waals surface area contributed by atoms with Gasteiger partial charge in [-0.25, -0.2) is 9.59 Å². The van der Waals surface area contributed by atoms with E-state index in [-0.39, 0.29) is 23.1 Å². The lowest BCUT2D eigenvalue weighted by molar-refractivity contribution is -0.116. The molecule has 0 saturated carbocycles. The SMILES string of the molecule is COC(=O)c1ccc([C@H]2CC(=O)Nc3c2sc(C(=O)O)c3-c2ccc(Cl)cc2)cc1. The Bertz CT molecular complexity index is 1150. The van der Waals surface area contributed by atoms with Gasteiger partial charge in [0.15, 0.2) is 0 Å². The number of carboxylic acid groups (broad SMARTS) is 1. The van der Waals surface area contributed by atoms with Gasteiger partial charge in [-0.3, -0.25) is 4.79 Å². The second-order valence-corrected chi connectivity index (χ2v) is 8.26. The van der Waals surface area contributed by atoms with Gasteiger partial charge in [0, 0.05) is 27.8 Å². The Kier molecular flexibility index (Phi) is 5.32. The number of carboxylic acids is 1. The van der Waals surface area contributed by atoms with Crippen LogP contribution in [0.1, 0.15) is 42.8 Å². The highest BCUT2D eigenvalue weighted by Crippen LogP contribution is 2.49. The van der Waals surface area contributed by atoms with Crippen LogP contribution in [0.25, 0.3) is 11.1 Å². The van der Waals surface area contributed by atoms with Crippen LogP contribution in [0, 0.1) is 0 Å². The number of hydrogen-bond donors (Lipinski definition) is 2. The van der Waals surface area contributed by atoms with Gasteiger partial charge in [0.25, 0.3) is 0 Å². The molecule has 1 aliphatic heterocycles. The zero-order valence-electron chi connectivity index (χ0n) is 15.8. The molecule has 2 aromatic carbocycles. The number of nitrogens with one attached hydrogen (secondary N) is 1. The van der Waals surface area contributed by atoms with Crippen molar-refractivity contribution < 1.29 is 24.2 Å². The van der Waals surface area contributed by atoms with Crippen molar-refractivity contribution in [1.29, 1.82) is 0 Å². The van der Waals surface area contributed by atoms with Crippen LogP contribution in [0.15, 0.2) is 48.5 Å². The van der Waals surface area contributed by atoms with Crippen LogP contribution in [0.2, 0.25) is 5.02 Å². The van der Waals surface area contributed by atoms with Gasteiger partial charge in [0.2, 0.25) is 5.91 Å². The highest BCUT2D eigenvalue weighted by atomic mass is 35.5. The maximum Gasteiger partial charge on any atom is 0.346 e. The number of aromatic carboxylic acids is 1.